The monoisotopic (exact) mass is 303 g/mol. The second kappa shape index (κ2) is 7.37. The van der Waals surface area contributed by atoms with E-state index in [4.69, 9.17) is 16.3 Å². The van der Waals surface area contributed by atoms with Crippen LogP contribution in [0.2, 0.25) is 0 Å². The normalized spacial score (nSPS) is 10.5. The summed E-state index contributed by atoms with van der Waals surface area (Å²) >= 11 is 6.00. The van der Waals surface area contributed by atoms with Crippen LogP contribution in [0.4, 0.5) is 5.69 Å². The molecule has 0 saturated carbocycles. The summed E-state index contributed by atoms with van der Waals surface area (Å²) in [5.74, 6) is 1.32. The first-order valence-electron chi connectivity index (χ1n) is 7.25. The summed E-state index contributed by atoms with van der Waals surface area (Å²) in [7, 11) is 0. The van der Waals surface area contributed by atoms with Crippen LogP contribution in [-0.4, -0.2) is 6.61 Å². The molecule has 0 fully saturated rings. The van der Waals surface area contributed by atoms with Crippen LogP contribution in [0.1, 0.15) is 29.2 Å². The van der Waals surface area contributed by atoms with Crippen molar-refractivity contribution < 1.29 is 4.74 Å². The van der Waals surface area contributed by atoms with Crippen LogP contribution in [0.25, 0.3) is 0 Å². The Bertz CT molecular complexity index is 610. The Balaban J connectivity index is 2.11. The van der Waals surface area contributed by atoms with Crippen LogP contribution in [0, 0.1) is 13.8 Å². The highest BCUT2D eigenvalue weighted by atomic mass is 35.5. The molecule has 2 aromatic carbocycles. The molecular formula is C18H22ClNO. The van der Waals surface area contributed by atoms with Gasteiger partial charge >= 0.3 is 0 Å². The zero-order chi connectivity index (χ0) is 15.2. The molecule has 0 saturated heterocycles. The van der Waals surface area contributed by atoms with Gasteiger partial charge in [0.2, 0.25) is 0 Å². The minimum Gasteiger partial charge on any atom is -0.494 e. The Morgan fingerprint density at radius 2 is 1.86 bits per heavy atom. The van der Waals surface area contributed by atoms with Crippen LogP contribution in [0.5, 0.6) is 5.75 Å². The molecule has 3 heteroatoms. The number of rotatable bonds is 6. The number of ether oxygens (including phenoxy) is 1. The Morgan fingerprint density at radius 1 is 1.05 bits per heavy atom. The average Bonchev–Trinajstić information content (AvgIpc) is 2.49. The molecule has 0 radical (unpaired) electrons. The van der Waals surface area contributed by atoms with E-state index in [-0.39, 0.29) is 0 Å². The highest BCUT2D eigenvalue weighted by molar-refractivity contribution is 6.17. The summed E-state index contributed by atoms with van der Waals surface area (Å²) in [4.78, 5) is 0. The van der Waals surface area contributed by atoms with Crippen molar-refractivity contribution in [2.24, 2.45) is 0 Å². The van der Waals surface area contributed by atoms with Gasteiger partial charge in [-0.25, -0.2) is 0 Å². The summed E-state index contributed by atoms with van der Waals surface area (Å²) in [6.07, 6.45) is 0. The van der Waals surface area contributed by atoms with Gasteiger partial charge in [0.05, 0.1) is 12.5 Å². The van der Waals surface area contributed by atoms with E-state index < -0.39 is 0 Å². The van der Waals surface area contributed by atoms with Crippen LogP contribution >= 0.6 is 11.6 Å². The summed E-state index contributed by atoms with van der Waals surface area (Å²) < 4.78 is 5.57. The molecule has 0 spiro atoms. The number of halogens is 1. The number of nitrogens with one attached hydrogen (secondary N) is 1. The molecular weight excluding hydrogens is 282 g/mol. The third kappa shape index (κ3) is 4.15. The quantitative estimate of drug-likeness (QED) is 0.754. The zero-order valence-electron chi connectivity index (χ0n) is 12.9. The van der Waals surface area contributed by atoms with Crippen molar-refractivity contribution in [3.63, 3.8) is 0 Å². The first-order chi connectivity index (χ1) is 10.1. The van der Waals surface area contributed by atoms with Gasteiger partial charge in [-0.1, -0.05) is 23.8 Å². The minimum absolute atomic E-state index is 0.453. The van der Waals surface area contributed by atoms with Gasteiger partial charge in [0.1, 0.15) is 5.75 Å². The van der Waals surface area contributed by atoms with E-state index in [9.17, 15) is 0 Å². The Labute approximate surface area is 132 Å². The van der Waals surface area contributed by atoms with Crippen molar-refractivity contribution in [2.45, 2.75) is 33.2 Å². The lowest BCUT2D eigenvalue weighted by atomic mass is 10.1. The molecule has 0 aliphatic carbocycles. The van der Waals surface area contributed by atoms with E-state index in [0.29, 0.717) is 12.5 Å². The van der Waals surface area contributed by atoms with Crippen molar-refractivity contribution in [3.05, 3.63) is 58.7 Å². The van der Waals surface area contributed by atoms with E-state index in [1.807, 2.05) is 19.1 Å². The van der Waals surface area contributed by atoms with Gasteiger partial charge in [0.15, 0.2) is 0 Å². The number of alkyl halides is 1. The van der Waals surface area contributed by atoms with Crippen molar-refractivity contribution in [3.8, 4) is 5.75 Å². The lowest BCUT2D eigenvalue weighted by molar-refractivity contribution is 0.337. The zero-order valence-corrected chi connectivity index (χ0v) is 13.6. The predicted molar refractivity (Wildman–Crippen MR) is 90.4 cm³/mol. The third-order valence-corrected chi connectivity index (χ3v) is 3.78. The third-order valence-electron chi connectivity index (χ3n) is 3.49. The van der Waals surface area contributed by atoms with Crippen molar-refractivity contribution in [1.29, 1.82) is 0 Å². The largest absolute Gasteiger partial charge is 0.494 e. The summed E-state index contributed by atoms with van der Waals surface area (Å²) in [6.45, 7) is 7.69. The Kier molecular flexibility index (Phi) is 5.51. The number of anilines is 1. The molecule has 1 N–H and O–H groups in total. The molecule has 0 aliphatic heterocycles. The second-order valence-corrected chi connectivity index (χ2v) is 5.44. The van der Waals surface area contributed by atoms with Crippen LogP contribution < -0.4 is 10.1 Å². The molecule has 0 aromatic heterocycles. The smallest absolute Gasteiger partial charge is 0.123 e. The fourth-order valence-corrected chi connectivity index (χ4v) is 2.49. The SMILES string of the molecule is CCOc1ccc(NCc2cc(C)ccc2C)cc1CCl. The average molecular weight is 304 g/mol. The van der Waals surface area contributed by atoms with Crippen molar-refractivity contribution in [2.75, 3.05) is 11.9 Å². The van der Waals surface area contributed by atoms with Gasteiger partial charge in [0.25, 0.3) is 0 Å². The van der Waals surface area contributed by atoms with Gasteiger partial charge in [-0.05, 0) is 50.1 Å². The van der Waals surface area contributed by atoms with Gasteiger partial charge < -0.3 is 10.1 Å². The number of aryl methyl sites for hydroxylation is 2. The first-order valence-corrected chi connectivity index (χ1v) is 7.79. The molecule has 0 amide bonds. The Hall–Kier alpha value is -1.67. The molecule has 0 aliphatic rings. The maximum atomic E-state index is 6.00. The minimum atomic E-state index is 0.453. The molecule has 0 bridgehead atoms. The molecule has 2 rings (SSSR count). The van der Waals surface area contributed by atoms with Gasteiger partial charge in [-0.3, -0.25) is 0 Å². The first kappa shape index (κ1) is 15.7. The second-order valence-electron chi connectivity index (χ2n) is 5.17. The van der Waals surface area contributed by atoms with Crippen LogP contribution in [0.15, 0.2) is 36.4 Å². The van der Waals surface area contributed by atoms with Crippen LogP contribution in [0.3, 0.4) is 0 Å². The van der Waals surface area contributed by atoms with Gasteiger partial charge in [0, 0.05) is 17.8 Å². The highest BCUT2D eigenvalue weighted by Gasteiger charge is 2.05. The summed E-state index contributed by atoms with van der Waals surface area (Å²) in [6, 6.07) is 12.6. The van der Waals surface area contributed by atoms with E-state index in [1.54, 1.807) is 0 Å². The predicted octanol–water partition coefficient (Wildman–Crippen LogP) is 5.05. The maximum Gasteiger partial charge on any atom is 0.123 e. The molecule has 2 aromatic rings. The molecule has 0 heterocycles. The number of hydrogen-bond acceptors (Lipinski definition) is 2. The lowest BCUT2D eigenvalue weighted by Crippen LogP contribution is -2.03. The maximum absolute atomic E-state index is 6.00. The summed E-state index contributed by atoms with van der Waals surface area (Å²) in [5.41, 5.74) is 5.98. The lowest BCUT2D eigenvalue weighted by Gasteiger charge is -2.13. The highest BCUT2D eigenvalue weighted by Crippen LogP contribution is 2.25. The summed E-state index contributed by atoms with van der Waals surface area (Å²) in [5, 5.41) is 3.46. The standard InChI is InChI=1S/C18H22ClNO/c1-4-21-18-8-7-17(10-15(18)11-19)20-12-16-9-13(2)5-6-14(16)3/h5-10,20H,4,11-12H2,1-3H3. The van der Waals surface area contributed by atoms with Gasteiger partial charge in [-0.15, -0.1) is 11.6 Å². The number of benzene rings is 2. The van der Waals surface area contributed by atoms with Crippen LogP contribution in [-0.2, 0) is 12.4 Å². The topological polar surface area (TPSA) is 21.3 Å². The van der Waals surface area contributed by atoms with E-state index in [2.05, 4.69) is 43.4 Å². The van der Waals surface area contributed by atoms with Gasteiger partial charge in [-0.2, -0.15) is 0 Å². The van der Waals surface area contributed by atoms with Crippen molar-refractivity contribution in [1.82, 2.24) is 0 Å². The van der Waals surface area contributed by atoms with Crippen molar-refractivity contribution >= 4 is 17.3 Å². The molecule has 21 heavy (non-hydrogen) atoms. The number of hydrogen-bond donors (Lipinski definition) is 1. The molecule has 0 atom stereocenters. The molecule has 2 nitrogen and oxygen atoms in total. The van der Waals surface area contributed by atoms with E-state index >= 15 is 0 Å². The van der Waals surface area contributed by atoms with E-state index in [0.717, 1.165) is 23.5 Å². The van der Waals surface area contributed by atoms with E-state index in [1.165, 1.54) is 16.7 Å². The fraction of sp³-hybridized carbons (Fsp3) is 0.333. The fourth-order valence-electron chi connectivity index (χ4n) is 2.28. The molecule has 112 valence electrons. The molecule has 0 unspecified atom stereocenters. The Morgan fingerprint density at radius 3 is 2.57 bits per heavy atom.